The van der Waals surface area contributed by atoms with Gasteiger partial charge in [-0.3, -0.25) is 9.55 Å². The first-order valence-electron chi connectivity index (χ1n) is 6.40. The molecule has 5 nitrogen and oxygen atoms in total. The van der Waals surface area contributed by atoms with E-state index in [-0.39, 0.29) is 5.69 Å². The number of allylic oxidation sites excluding steroid dienone is 1. The summed E-state index contributed by atoms with van der Waals surface area (Å²) >= 11 is 0. The van der Waals surface area contributed by atoms with Crippen LogP contribution in [0.3, 0.4) is 0 Å². The third kappa shape index (κ3) is 2.25. The molecule has 0 amide bonds. The summed E-state index contributed by atoms with van der Waals surface area (Å²) in [5.41, 5.74) is 2.68. The summed E-state index contributed by atoms with van der Waals surface area (Å²) < 4.78 is 1.60. The van der Waals surface area contributed by atoms with Gasteiger partial charge in [0.15, 0.2) is 11.3 Å². The summed E-state index contributed by atoms with van der Waals surface area (Å²) in [4.78, 5) is 23.4. The van der Waals surface area contributed by atoms with Gasteiger partial charge in [-0.15, -0.1) is 0 Å². The summed E-state index contributed by atoms with van der Waals surface area (Å²) in [6.45, 7) is 2.40. The normalized spacial score (nSPS) is 11.4. The molecular weight excluding hydrogens is 252 g/mol. The lowest BCUT2D eigenvalue weighted by molar-refractivity contribution is 0.778. The van der Waals surface area contributed by atoms with Gasteiger partial charge in [-0.25, -0.2) is 14.8 Å². The Morgan fingerprint density at radius 1 is 1.30 bits per heavy atom. The molecule has 1 N–H and O–H groups in total. The number of fused-ring (bicyclic) bond motifs is 1. The molecule has 2 heterocycles. The first-order valence-corrected chi connectivity index (χ1v) is 6.40. The molecule has 0 fully saturated rings. The van der Waals surface area contributed by atoms with Crippen molar-refractivity contribution in [1.82, 2.24) is 19.5 Å². The molecule has 2 aromatic heterocycles. The molecule has 0 bridgehead atoms. The van der Waals surface area contributed by atoms with Crippen LogP contribution in [0.1, 0.15) is 18.2 Å². The van der Waals surface area contributed by atoms with E-state index in [0.717, 1.165) is 11.3 Å². The summed E-state index contributed by atoms with van der Waals surface area (Å²) in [6, 6.07) is 9.81. The Morgan fingerprint density at radius 2 is 2.10 bits per heavy atom. The van der Waals surface area contributed by atoms with Gasteiger partial charge in [0.25, 0.3) is 0 Å². The average Bonchev–Trinajstić information content (AvgIpc) is 2.77. The van der Waals surface area contributed by atoms with Crippen molar-refractivity contribution in [3.8, 4) is 0 Å². The maximum Gasteiger partial charge on any atom is 0.329 e. The van der Waals surface area contributed by atoms with Gasteiger partial charge < -0.3 is 0 Å². The largest absolute Gasteiger partial charge is 0.329 e. The highest BCUT2D eigenvalue weighted by molar-refractivity contribution is 5.67. The van der Waals surface area contributed by atoms with Crippen LogP contribution in [-0.2, 0) is 6.54 Å². The van der Waals surface area contributed by atoms with Gasteiger partial charge in [-0.2, -0.15) is 0 Å². The third-order valence-corrected chi connectivity index (χ3v) is 3.02. The van der Waals surface area contributed by atoms with Crippen LogP contribution >= 0.6 is 0 Å². The van der Waals surface area contributed by atoms with E-state index >= 15 is 0 Å². The van der Waals surface area contributed by atoms with E-state index in [1.165, 1.54) is 0 Å². The highest BCUT2D eigenvalue weighted by Crippen LogP contribution is 2.09. The standard InChI is InChI=1S/C15H14N4O/c1-2-6-12-9-16-13-14(17-12)19(15(20)18-13)10-11-7-4-3-5-8-11/h2-9H,10H2,1H3,(H,16,18,20)/b6-2+. The molecule has 5 heteroatoms. The van der Waals surface area contributed by atoms with E-state index < -0.39 is 0 Å². The zero-order valence-corrected chi connectivity index (χ0v) is 11.1. The SMILES string of the molecule is C/C=C/c1cnc2[nH]c(=O)n(Cc3ccccc3)c2n1. The van der Waals surface area contributed by atoms with Gasteiger partial charge in [0.1, 0.15) is 0 Å². The van der Waals surface area contributed by atoms with Gasteiger partial charge in [-0.1, -0.05) is 36.4 Å². The molecule has 0 spiro atoms. The maximum atomic E-state index is 12.0. The average molecular weight is 266 g/mol. The Kier molecular flexibility index (Phi) is 3.16. The number of aromatic nitrogens is 4. The Morgan fingerprint density at radius 3 is 2.85 bits per heavy atom. The van der Waals surface area contributed by atoms with Crippen molar-refractivity contribution in [2.24, 2.45) is 0 Å². The second-order valence-corrected chi connectivity index (χ2v) is 4.47. The number of imidazole rings is 1. The fraction of sp³-hybridized carbons (Fsp3) is 0.133. The van der Waals surface area contributed by atoms with Crippen molar-refractivity contribution < 1.29 is 0 Å². The molecule has 100 valence electrons. The number of hydrogen-bond donors (Lipinski definition) is 1. The zero-order valence-electron chi connectivity index (χ0n) is 11.1. The molecule has 0 saturated heterocycles. The number of rotatable bonds is 3. The molecule has 0 atom stereocenters. The topological polar surface area (TPSA) is 63.6 Å². The second kappa shape index (κ2) is 5.13. The van der Waals surface area contributed by atoms with Gasteiger partial charge in [0.2, 0.25) is 0 Å². The van der Waals surface area contributed by atoms with Crippen LogP contribution in [-0.4, -0.2) is 19.5 Å². The van der Waals surface area contributed by atoms with Crippen molar-refractivity contribution >= 4 is 17.4 Å². The Bertz CT molecular complexity index is 815. The monoisotopic (exact) mass is 266 g/mol. The van der Waals surface area contributed by atoms with Crippen molar-refractivity contribution in [3.63, 3.8) is 0 Å². The van der Waals surface area contributed by atoms with Crippen molar-refractivity contribution in [2.45, 2.75) is 13.5 Å². The molecule has 0 saturated carbocycles. The third-order valence-electron chi connectivity index (χ3n) is 3.02. The van der Waals surface area contributed by atoms with E-state index in [1.54, 1.807) is 10.8 Å². The number of nitrogens with one attached hydrogen (secondary N) is 1. The van der Waals surface area contributed by atoms with Crippen LogP contribution in [0, 0.1) is 0 Å². The summed E-state index contributed by atoms with van der Waals surface area (Å²) in [6.07, 6.45) is 5.39. The molecule has 1 aromatic carbocycles. The van der Waals surface area contributed by atoms with Crippen LogP contribution < -0.4 is 5.69 Å². The lowest BCUT2D eigenvalue weighted by Gasteiger charge is -2.03. The molecule has 3 rings (SSSR count). The minimum Gasteiger partial charge on any atom is -0.289 e. The van der Waals surface area contributed by atoms with Crippen LogP contribution in [0.2, 0.25) is 0 Å². The van der Waals surface area contributed by atoms with Crippen LogP contribution in [0.4, 0.5) is 0 Å². The van der Waals surface area contributed by atoms with Gasteiger partial charge in [0, 0.05) is 0 Å². The van der Waals surface area contributed by atoms with Gasteiger partial charge in [-0.05, 0) is 18.6 Å². The minimum absolute atomic E-state index is 0.193. The smallest absolute Gasteiger partial charge is 0.289 e. The van der Waals surface area contributed by atoms with Gasteiger partial charge >= 0.3 is 5.69 Å². The predicted octanol–water partition coefficient (Wildman–Crippen LogP) is 2.20. The van der Waals surface area contributed by atoms with E-state index in [9.17, 15) is 4.79 Å². The first kappa shape index (κ1) is 12.3. The van der Waals surface area contributed by atoms with Crippen molar-refractivity contribution in [1.29, 1.82) is 0 Å². The fourth-order valence-corrected chi connectivity index (χ4v) is 2.10. The highest BCUT2D eigenvalue weighted by atomic mass is 16.1. The first-order chi connectivity index (χ1) is 9.78. The molecule has 0 aliphatic carbocycles. The predicted molar refractivity (Wildman–Crippen MR) is 78.4 cm³/mol. The van der Waals surface area contributed by atoms with E-state index in [0.29, 0.717) is 17.8 Å². The maximum absolute atomic E-state index is 12.0. The van der Waals surface area contributed by atoms with Crippen LogP contribution in [0.25, 0.3) is 17.4 Å². The molecule has 3 aromatic rings. The van der Waals surface area contributed by atoms with Crippen LogP contribution in [0.15, 0.2) is 47.4 Å². The Labute approximate surface area is 115 Å². The number of nitrogens with zero attached hydrogens (tertiary/aromatic N) is 3. The van der Waals surface area contributed by atoms with E-state index in [1.807, 2.05) is 49.4 Å². The number of aromatic amines is 1. The van der Waals surface area contributed by atoms with Crippen molar-refractivity contribution in [3.05, 3.63) is 64.3 Å². The van der Waals surface area contributed by atoms with E-state index in [4.69, 9.17) is 0 Å². The molecule has 20 heavy (non-hydrogen) atoms. The minimum atomic E-state index is -0.193. The molecule has 0 aliphatic rings. The molecule has 0 radical (unpaired) electrons. The Hall–Kier alpha value is -2.69. The number of benzene rings is 1. The molecular formula is C15H14N4O. The Balaban J connectivity index is 2.11. The molecule has 0 unspecified atom stereocenters. The summed E-state index contributed by atoms with van der Waals surface area (Å²) in [7, 11) is 0. The lowest BCUT2D eigenvalue weighted by Crippen LogP contribution is -2.17. The zero-order chi connectivity index (χ0) is 13.9. The number of H-pyrrole nitrogens is 1. The van der Waals surface area contributed by atoms with Crippen LogP contribution in [0.5, 0.6) is 0 Å². The van der Waals surface area contributed by atoms with Crippen molar-refractivity contribution in [2.75, 3.05) is 0 Å². The number of hydrogen-bond acceptors (Lipinski definition) is 3. The molecule has 0 aliphatic heterocycles. The van der Waals surface area contributed by atoms with E-state index in [2.05, 4.69) is 15.0 Å². The fourth-order valence-electron chi connectivity index (χ4n) is 2.10. The summed E-state index contributed by atoms with van der Waals surface area (Å²) in [5.74, 6) is 0. The lowest BCUT2D eigenvalue weighted by atomic mass is 10.2. The van der Waals surface area contributed by atoms with Gasteiger partial charge in [0.05, 0.1) is 18.4 Å². The second-order valence-electron chi connectivity index (χ2n) is 4.47. The summed E-state index contributed by atoms with van der Waals surface area (Å²) in [5, 5.41) is 0. The quantitative estimate of drug-likeness (QED) is 0.790. The highest BCUT2D eigenvalue weighted by Gasteiger charge is 2.09.